The second-order valence-corrected chi connectivity index (χ2v) is 8.18. The molecule has 2 amide bonds. The fraction of sp³-hybridized carbons (Fsp3) is 0.0909. The Hall–Kier alpha value is -2.47. The Balaban J connectivity index is 1.73. The highest BCUT2D eigenvalue weighted by Gasteiger charge is 2.36. The summed E-state index contributed by atoms with van der Waals surface area (Å²) in [5, 5.41) is 2.42. The zero-order valence-electron chi connectivity index (χ0n) is 15.3. The van der Waals surface area contributed by atoms with Gasteiger partial charge in [0.15, 0.2) is 0 Å². The predicted octanol–water partition coefficient (Wildman–Crippen LogP) is 6.39. The summed E-state index contributed by atoms with van der Waals surface area (Å²) >= 11 is 13.3. The lowest BCUT2D eigenvalue weighted by Crippen LogP contribution is -2.27. The van der Waals surface area contributed by atoms with E-state index in [9.17, 15) is 9.59 Å². The van der Waals surface area contributed by atoms with E-state index in [1.54, 1.807) is 31.4 Å². The topological polar surface area (TPSA) is 46.6 Å². The van der Waals surface area contributed by atoms with Crippen LogP contribution in [0.3, 0.4) is 0 Å². The number of carbonyl (C=O) groups is 2. The van der Waals surface area contributed by atoms with Crippen LogP contribution in [0.4, 0.5) is 4.79 Å². The van der Waals surface area contributed by atoms with Gasteiger partial charge >= 0.3 is 0 Å². The zero-order valence-corrected chi connectivity index (χ0v) is 17.6. The third kappa shape index (κ3) is 3.73. The van der Waals surface area contributed by atoms with E-state index in [2.05, 4.69) is 0 Å². The van der Waals surface area contributed by atoms with E-state index >= 15 is 0 Å². The average molecular weight is 444 g/mol. The number of imide groups is 1. The lowest BCUT2D eigenvalue weighted by Gasteiger charge is -2.15. The summed E-state index contributed by atoms with van der Waals surface area (Å²) in [5.41, 5.74) is 1.30. The number of nitrogens with zero attached hydrogens (tertiary/aromatic N) is 1. The number of halogens is 2. The van der Waals surface area contributed by atoms with Crippen molar-refractivity contribution in [2.75, 3.05) is 7.11 Å². The number of rotatable bonds is 4. The van der Waals surface area contributed by atoms with E-state index in [1.807, 2.05) is 36.4 Å². The first-order valence-corrected chi connectivity index (χ1v) is 10.3. The van der Waals surface area contributed by atoms with Crippen LogP contribution < -0.4 is 4.74 Å². The van der Waals surface area contributed by atoms with E-state index in [-0.39, 0.29) is 17.7 Å². The zero-order chi connectivity index (χ0) is 20.5. The van der Waals surface area contributed by atoms with Crippen LogP contribution >= 0.6 is 35.0 Å². The van der Waals surface area contributed by atoms with Gasteiger partial charge in [-0.05, 0) is 46.8 Å². The van der Waals surface area contributed by atoms with Crippen molar-refractivity contribution in [1.82, 2.24) is 4.90 Å². The Kier molecular flexibility index (Phi) is 5.54. The van der Waals surface area contributed by atoms with Crippen LogP contribution in [0.2, 0.25) is 10.0 Å². The van der Waals surface area contributed by atoms with Gasteiger partial charge in [0.25, 0.3) is 11.1 Å². The molecule has 0 aliphatic carbocycles. The number of carbonyl (C=O) groups excluding carboxylic acids is 2. The third-order valence-corrected chi connectivity index (χ3v) is 6.29. The van der Waals surface area contributed by atoms with Crippen molar-refractivity contribution in [1.29, 1.82) is 0 Å². The molecule has 0 atom stereocenters. The fourth-order valence-corrected chi connectivity index (χ4v) is 4.55. The van der Waals surface area contributed by atoms with Crippen LogP contribution in [0.1, 0.15) is 11.1 Å². The van der Waals surface area contributed by atoms with Gasteiger partial charge in [-0.2, -0.15) is 0 Å². The van der Waals surface area contributed by atoms with Crippen LogP contribution in [-0.4, -0.2) is 23.2 Å². The lowest BCUT2D eigenvalue weighted by atomic mass is 10.0. The van der Waals surface area contributed by atoms with Gasteiger partial charge in [0.05, 0.1) is 18.6 Å². The Morgan fingerprint density at radius 3 is 2.45 bits per heavy atom. The summed E-state index contributed by atoms with van der Waals surface area (Å²) in [6.07, 6.45) is 1.71. The highest BCUT2D eigenvalue weighted by molar-refractivity contribution is 8.18. The maximum Gasteiger partial charge on any atom is 0.293 e. The van der Waals surface area contributed by atoms with Crippen LogP contribution in [0.15, 0.2) is 59.5 Å². The molecule has 146 valence electrons. The molecule has 1 aliphatic heterocycles. The minimum Gasteiger partial charge on any atom is -0.496 e. The molecule has 0 N–H and O–H groups in total. The van der Waals surface area contributed by atoms with Gasteiger partial charge in [0, 0.05) is 21.2 Å². The molecule has 0 spiro atoms. The first-order chi connectivity index (χ1) is 14.0. The van der Waals surface area contributed by atoms with Crippen molar-refractivity contribution in [2.24, 2.45) is 0 Å². The number of amides is 2. The van der Waals surface area contributed by atoms with Gasteiger partial charge in [0.1, 0.15) is 5.75 Å². The van der Waals surface area contributed by atoms with Crippen LogP contribution in [0, 0.1) is 0 Å². The molecule has 0 aromatic heterocycles. The monoisotopic (exact) mass is 443 g/mol. The molecular formula is C22H15Cl2NO3S. The van der Waals surface area contributed by atoms with E-state index in [4.69, 9.17) is 27.9 Å². The minimum atomic E-state index is -0.383. The van der Waals surface area contributed by atoms with Gasteiger partial charge < -0.3 is 4.74 Å². The minimum absolute atomic E-state index is 0.0210. The number of hydrogen-bond acceptors (Lipinski definition) is 4. The number of ether oxygens (including phenoxy) is 1. The molecule has 1 aliphatic rings. The molecule has 3 aromatic rings. The molecule has 3 aromatic carbocycles. The highest BCUT2D eigenvalue weighted by Crippen LogP contribution is 2.38. The molecule has 0 bridgehead atoms. The van der Waals surface area contributed by atoms with Gasteiger partial charge in [-0.25, -0.2) is 0 Å². The second kappa shape index (κ2) is 8.11. The number of hydrogen-bond donors (Lipinski definition) is 0. The van der Waals surface area contributed by atoms with E-state index in [1.165, 1.54) is 0 Å². The largest absolute Gasteiger partial charge is 0.496 e. The molecule has 4 rings (SSSR count). The van der Waals surface area contributed by atoms with E-state index in [0.717, 1.165) is 33.0 Å². The van der Waals surface area contributed by atoms with Crippen molar-refractivity contribution in [3.8, 4) is 5.75 Å². The lowest BCUT2D eigenvalue weighted by molar-refractivity contribution is -0.123. The Bertz CT molecular complexity index is 1160. The normalized spacial score (nSPS) is 15.6. The predicted molar refractivity (Wildman–Crippen MR) is 118 cm³/mol. The van der Waals surface area contributed by atoms with Gasteiger partial charge in [-0.1, -0.05) is 59.6 Å². The number of methoxy groups -OCH3 is 1. The molecule has 7 heteroatoms. The van der Waals surface area contributed by atoms with Crippen molar-refractivity contribution in [3.63, 3.8) is 0 Å². The Morgan fingerprint density at radius 1 is 1.00 bits per heavy atom. The summed E-state index contributed by atoms with van der Waals surface area (Å²) in [6, 6.07) is 16.7. The second-order valence-electron chi connectivity index (χ2n) is 6.37. The summed E-state index contributed by atoms with van der Waals surface area (Å²) in [4.78, 5) is 27.0. The molecular weight excluding hydrogens is 429 g/mol. The molecule has 0 unspecified atom stereocenters. The molecule has 0 saturated carbocycles. The smallest absolute Gasteiger partial charge is 0.293 e. The molecule has 29 heavy (non-hydrogen) atoms. The van der Waals surface area contributed by atoms with Gasteiger partial charge in [-0.3, -0.25) is 14.5 Å². The third-order valence-electron chi connectivity index (χ3n) is 4.68. The maximum absolute atomic E-state index is 13.0. The Morgan fingerprint density at radius 2 is 1.72 bits per heavy atom. The maximum atomic E-state index is 13.0. The molecule has 0 radical (unpaired) electrons. The first-order valence-electron chi connectivity index (χ1n) is 8.73. The summed E-state index contributed by atoms with van der Waals surface area (Å²) in [5.74, 6) is 0.246. The number of thioether (sulfide) groups is 1. The van der Waals surface area contributed by atoms with Crippen molar-refractivity contribution in [2.45, 2.75) is 6.54 Å². The van der Waals surface area contributed by atoms with Gasteiger partial charge in [-0.15, -0.1) is 0 Å². The quantitative estimate of drug-likeness (QED) is 0.438. The van der Waals surface area contributed by atoms with Crippen molar-refractivity contribution < 1.29 is 14.3 Å². The Labute approximate surface area is 182 Å². The van der Waals surface area contributed by atoms with E-state index in [0.29, 0.717) is 26.3 Å². The first kappa shape index (κ1) is 19.8. The number of fused-ring (bicyclic) bond motifs is 1. The number of benzene rings is 3. The highest BCUT2D eigenvalue weighted by atomic mass is 35.5. The molecule has 4 nitrogen and oxygen atoms in total. The summed E-state index contributed by atoms with van der Waals surface area (Å²) in [7, 11) is 1.58. The fourth-order valence-electron chi connectivity index (χ4n) is 3.21. The van der Waals surface area contributed by atoms with Crippen LogP contribution in [-0.2, 0) is 11.3 Å². The van der Waals surface area contributed by atoms with Crippen molar-refractivity contribution >= 4 is 63.0 Å². The van der Waals surface area contributed by atoms with E-state index < -0.39 is 0 Å². The molecule has 1 heterocycles. The standard InChI is InChI=1S/C22H15Cl2NO3S/c1-28-19-10-9-13-5-2-3-6-14(13)15(19)11-20-21(26)25(22(27)29-20)12-16-17(23)7-4-8-18(16)24/h2-11H,12H2,1H3/b20-11-. The summed E-state index contributed by atoms with van der Waals surface area (Å²) in [6.45, 7) is 0.0210. The SMILES string of the molecule is COc1ccc2ccccc2c1/C=C1\SC(=O)N(Cc2c(Cl)cccc2Cl)C1=O. The van der Waals surface area contributed by atoms with Crippen molar-refractivity contribution in [3.05, 3.63) is 80.7 Å². The van der Waals surface area contributed by atoms with Crippen LogP contribution in [0.25, 0.3) is 16.8 Å². The van der Waals surface area contributed by atoms with Crippen LogP contribution in [0.5, 0.6) is 5.75 Å². The van der Waals surface area contributed by atoms with Gasteiger partial charge in [0.2, 0.25) is 0 Å². The summed E-state index contributed by atoms with van der Waals surface area (Å²) < 4.78 is 5.48. The molecule has 1 saturated heterocycles. The average Bonchev–Trinajstić information content (AvgIpc) is 2.98. The molecule has 1 fully saturated rings.